The van der Waals surface area contributed by atoms with Crippen molar-refractivity contribution in [2.75, 3.05) is 19.6 Å². The molecular weight excluding hydrogens is 256 g/mol. The van der Waals surface area contributed by atoms with Crippen LogP contribution in [0.2, 0.25) is 0 Å². The maximum Gasteiger partial charge on any atom is 0.0309 e. The second-order valence-corrected chi connectivity index (χ2v) is 8.00. The summed E-state index contributed by atoms with van der Waals surface area (Å²) in [6.07, 6.45) is 11.1. The first-order valence-corrected chi connectivity index (χ1v) is 9.59. The van der Waals surface area contributed by atoms with Gasteiger partial charge in [-0.05, 0) is 31.1 Å². The number of hydrogen-bond donors (Lipinski definition) is 1. The minimum Gasteiger partial charge on any atom is -0.308 e. The van der Waals surface area contributed by atoms with Crippen LogP contribution in [0.5, 0.6) is 0 Å². The molecule has 21 heavy (non-hydrogen) atoms. The van der Waals surface area contributed by atoms with E-state index >= 15 is 0 Å². The van der Waals surface area contributed by atoms with Crippen LogP contribution in [0.4, 0.5) is 0 Å². The number of hydrogen-bond acceptors (Lipinski definition) is 2. The molecule has 1 N–H and O–H groups in total. The molecule has 124 valence electrons. The molecule has 1 saturated heterocycles. The van der Waals surface area contributed by atoms with E-state index < -0.39 is 0 Å². The standard InChI is InChI=1S/C19H38N2/c1-5-10-16(3)14-21-15-19(11-8-7-9-12-19)20-13-18(21)17(4)6-2/h16-18,20H,5-15H2,1-4H3. The van der Waals surface area contributed by atoms with Gasteiger partial charge in [-0.3, -0.25) is 4.90 Å². The maximum atomic E-state index is 3.99. The number of rotatable bonds is 6. The van der Waals surface area contributed by atoms with Crippen molar-refractivity contribution in [1.29, 1.82) is 0 Å². The molecule has 2 fully saturated rings. The van der Waals surface area contributed by atoms with E-state index in [-0.39, 0.29) is 0 Å². The Hall–Kier alpha value is -0.0800. The Balaban J connectivity index is 2.03. The molecule has 0 aromatic heterocycles. The van der Waals surface area contributed by atoms with Gasteiger partial charge in [0.1, 0.15) is 0 Å². The van der Waals surface area contributed by atoms with Crippen LogP contribution in [0.15, 0.2) is 0 Å². The molecule has 3 atom stereocenters. The average Bonchev–Trinajstić information content (AvgIpc) is 2.48. The van der Waals surface area contributed by atoms with Crippen molar-refractivity contribution in [2.45, 2.75) is 90.6 Å². The number of nitrogens with one attached hydrogen (secondary N) is 1. The molecule has 0 bridgehead atoms. The Morgan fingerprint density at radius 1 is 1.14 bits per heavy atom. The van der Waals surface area contributed by atoms with Crippen molar-refractivity contribution in [1.82, 2.24) is 10.2 Å². The fourth-order valence-corrected chi connectivity index (χ4v) is 4.59. The molecule has 1 aliphatic carbocycles. The summed E-state index contributed by atoms with van der Waals surface area (Å²) < 4.78 is 0. The van der Waals surface area contributed by atoms with Crippen molar-refractivity contribution >= 4 is 0 Å². The highest BCUT2D eigenvalue weighted by atomic mass is 15.3. The molecule has 1 heterocycles. The SMILES string of the molecule is CCCC(C)CN1CC2(CCCCC2)NCC1C(C)CC. The van der Waals surface area contributed by atoms with E-state index in [4.69, 9.17) is 0 Å². The summed E-state index contributed by atoms with van der Waals surface area (Å²) in [6.45, 7) is 13.4. The predicted molar refractivity (Wildman–Crippen MR) is 92.7 cm³/mol. The van der Waals surface area contributed by atoms with Crippen LogP contribution >= 0.6 is 0 Å². The van der Waals surface area contributed by atoms with E-state index in [1.165, 1.54) is 71.0 Å². The zero-order chi connectivity index (χ0) is 15.3. The monoisotopic (exact) mass is 294 g/mol. The van der Waals surface area contributed by atoms with Gasteiger partial charge in [0.15, 0.2) is 0 Å². The highest BCUT2D eigenvalue weighted by molar-refractivity contribution is 5.00. The van der Waals surface area contributed by atoms with E-state index in [2.05, 4.69) is 37.9 Å². The predicted octanol–water partition coefficient (Wildman–Crippen LogP) is 4.45. The molecule has 1 spiro atoms. The lowest BCUT2D eigenvalue weighted by atomic mass is 9.78. The van der Waals surface area contributed by atoms with Crippen molar-refractivity contribution in [3.63, 3.8) is 0 Å². The maximum absolute atomic E-state index is 3.99. The van der Waals surface area contributed by atoms with Crippen LogP contribution in [-0.4, -0.2) is 36.1 Å². The summed E-state index contributed by atoms with van der Waals surface area (Å²) in [5, 5.41) is 3.99. The number of nitrogens with zero attached hydrogens (tertiary/aromatic N) is 1. The van der Waals surface area contributed by atoms with Crippen LogP contribution in [0.1, 0.15) is 79.1 Å². The summed E-state index contributed by atoms with van der Waals surface area (Å²) in [6, 6.07) is 0.752. The molecule has 1 aliphatic heterocycles. The second kappa shape index (κ2) is 7.97. The van der Waals surface area contributed by atoms with Gasteiger partial charge in [0, 0.05) is 31.2 Å². The molecule has 2 heteroatoms. The quantitative estimate of drug-likeness (QED) is 0.779. The lowest BCUT2D eigenvalue weighted by Gasteiger charge is -2.51. The average molecular weight is 295 g/mol. The van der Waals surface area contributed by atoms with Crippen LogP contribution < -0.4 is 5.32 Å². The van der Waals surface area contributed by atoms with Gasteiger partial charge in [-0.25, -0.2) is 0 Å². The van der Waals surface area contributed by atoms with Gasteiger partial charge in [-0.1, -0.05) is 59.8 Å². The summed E-state index contributed by atoms with van der Waals surface area (Å²) in [5.41, 5.74) is 0.453. The molecule has 2 rings (SSSR count). The highest BCUT2D eigenvalue weighted by Gasteiger charge is 2.41. The fraction of sp³-hybridized carbons (Fsp3) is 1.00. The zero-order valence-electron chi connectivity index (χ0n) is 15.0. The van der Waals surface area contributed by atoms with Crippen LogP contribution in [0, 0.1) is 11.8 Å². The Morgan fingerprint density at radius 2 is 1.86 bits per heavy atom. The third-order valence-corrected chi connectivity index (χ3v) is 6.10. The van der Waals surface area contributed by atoms with Gasteiger partial charge in [0.05, 0.1) is 0 Å². The summed E-state index contributed by atoms with van der Waals surface area (Å²) in [4.78, 5) is 2.87. The van der Waals surface area contributed by atoms with Gasteiger partial charge < -0.3 is 5.32 Å². The lowest BCUT2D eigenvalue weighted by Crippen LogP contribution is -2.66. The Kier molecular flexibility index (Phi) is 6.55. The minimum atomic E-state index is 0.453. The fourth-order valence-electron chi connectivity index (χ4n) is 4.59. The molecule has 2 aliphatic rings. The van der Waals surface area contributed by atoms with E-state index in [1.807, 2.05) is 0 Å². The Morgan fingerprint density at radius 3 is 2.48 bits per heavy atom. The third-order valence-electron chi connectivity index (χ3n) is 6.10. The summed E-state index contributed by atoms with van der Waals surface area (Å²) >= 11 is 0. The first kappa shape index (κ1) is 17.3. The Bertz CT molecular complexity index is 296. The molecular formula is C19H38N2. The van der Waals surface area contributed by atoms with Crippen LogP contribution in [0.25, 0.3) is 0 Å². The van der Waals surface area contributed by atoms with Gasteiger partial charge in [0.2, 0.25) is 0 Å². The van der Waals surface area contributed by atoms with Gasteiger partial charge in [-0.2, -0.15) is 0 Å². The zero-order valence-corrected chi connectivity index (χ0v) is 15.0. The molecule has 0 aromatic carbocycles. The molecule has 0 amide bonds. The van der Waals surface area contributed by atoms with Crippen molar-refractivity contribution in [3.8, 4) is 0 Å². The normalized spacial score (nSPS) is 29.4. The minimum absolute atomic E-state index is 0.453. The largest absolute Gasteiger partial charge is 0.308 e. The molecule has 0 radical (unpaired) electrons. The number of piperazine rings is 1. The van der Waals surface area contributed by atoms with Gasteiger partial charge in [-0.15, -0.1) is 0 Å². The second-order valence-electron chi connectivity index (χ2n) is 8.00. The van der Waals surface area contributed by atoms with E-state index in [9.17, 15) is 0 Å². The van der Waals surface area contributed by atoms with Crippen molar-refractivity contribution < 1.29 is 0 Å². The van der Waals surface area contributed by atoms with Crippen LogP contribution in [0.3, 0.4) is 0 Å². The molecule has 2 nitrogen and oxygen atoms in total. The first-order chi connectivity index (χ1) is 10.1. The van der Waals surface area contributed by atoms with E-state index in [1.54, 1.807) is 0 Å². The molecule has 3 unspecified atom stereocenters. The van der Waals surface area contributed by atoms with Crippen molar-refractivity contribution in [2.24, 2.45) is 11.8 Å². The lowest BCUT2D eigenvalue weighted by molar-refractivity contribution is 0.0227. The third kappa shape index (κ3) is 4.45. The smallest absolute Gasteiger partial charge is 0.0309 e. The van der Waals surface area contributed by atoms with Gasteiger partial charge >= 0.3 is 0 Å². The molecule has 1 saturated carbocycles. The summed E-state index contributed by atoms with van der Waals surface area (Å²) in [5.74, 6) is 1.66. The highest BCUT2D eigenvalue weighted by Crippen LogP contribution is 2.34. The van der Waals surface area contributed by atoms with Crippen LogP contribution in [-0.2, 0) is 0 Å². The van der Waals surface area contributed by atoms with E-state index in [0.717, 1.165) is 17.9 Å². The molecule has 0 aromatic rings. The first-order valence-electron chi connectivity index (χ1n) is 9.59. The van der Waals surface area contributed by atoms with Gasteiger partial charge in [0.25, 0.3) is 0 Å². The Labute approximate surface area is 133 Å². The summed E-state index contributed by atoms with van der Waals surface area (Å²) in [7, 11) is 0. The van der Waals surface area contributed by atoms with E-state index in [0.29, 0.717) is 5.54 Å². The van der Waals surface area contributed by atoms with Crippen molar-refractivity contribution in [3.05, 3.63) is 0 Å². The topological polar surface area (TPSA) is 15.3 Å².